The van der Waals surface area contributed by atoms with E-state index in [1.54, 1.807) is 12.1 Å². The number of rotatable bonds is 4. The maximum absolute atomic E-state index is 14.9. The lowest BCUT2D eigenvalue weighted by atomic mass is 9.67. The average molecular weight is 377 g/mol. The third kappa shape index (κ3) is 3.59. The van der Waals surface area contributed by atoms with Gasteiger partial charge in [0.1, 0.15) is 5.82 Å². The second-order valence-electron chi connectivity index (χ2n) is 9.06. The Bertz CT molecular complexity index is 690. The third-order valence-electron chi connectivity index (χ3n) is 7.50. The topological polar surface area (TPSA) is 0 Å². The van der Waals surface area contributed by atoms with Crippen molar-refractivity contribution in [2.24, 2.45) is 23.7 Å². The number of allylic oxidation sites excluding steroid dienone is 1. The molecule has 3 aliphatic rings. The summed E-state index contributed by atoms with van der Waals surface area (Å²) in [5.74, 6) is -1.60. The fraction of sp³-hybridized carbons (Fsp3) is 0.667. The first kappa shape index (κ1) is 19.1. The van der Waals surface area contributed by atoms with Crippen LogP contribution in [0.5, 0.6) is 0 Å². The molecule has 3 heteroatoms. The zero-order valence-corrected chi connectivity index (χ0v) is 16.3. The standard InChI is InChI=1S/C24H31F3/c1-2-4-16-7-9-17(10-8-16)18-11-13-19(14-12-18)21-15-20-5-3-6-22(25)23(20)24(21,26)27/h3,5-6,15-19H,2,4,7-14H2,1H3. The number of hydrogen-bond acceptors (Lipinski definition) is 0. The Morgan fingerprint density at radius 2 is 1.56 bits per heavy atom. The molecule has 0 atom stereocenters. The zero-order chi connectivity index (χ0) is 19.0. The Morgan fingerprint density at radius 3 is 2.15 bits per heavy atom. The number of benzene rings is 1. The van der Waals surface area contributed by atoms with E-state index in [0.29, 0.717) is 11.5 Å². The summed E-state index contributed by atoms with van der Waals surface area (Å²) in [6, 6.07) is 4.28. The molecule has 0 aromatic heterocycles. The SMILES string of the molecule is CCCC1CCC(C2CCC(C3=Cc4cccc(F)c4C3(F)F)CC2)CC1. The van der Waals surface area contributed by atoms with E-state index in [9.17, 15) is 13.2 Å². The van der Waals surface area contributed by atoms with Crippen LogP contribution in [0.25, 0.3) is 6.08 Å². The van der Waals surface area contributed by atoms with Gasteiger partial charge < -0.3 is 0 Å². The van der Waals surface area contributed by atoms with Crippen LogP contribution in [0.3, 0.4) is 0 Å². The van der Waals surface area contributed by atoms with Crippen LogP contribution in [0.1, 0.15) is 82.3 Å². The Kier molecular flexibility index (Phi) is 5.40. The van der Waals surface area contributed by atoms with Crippen molar-refractivity contribution >= 4 is 6.08 Å². The molecule has 0 saturated heterocycles. The molecular weight excluding hydrogens is 345 g/mol. The summed E-state index contributed by atoms with van der Waals surface area (Å²) in [5.41, 5.74) is 0.121. The highest BCUT2D eigenvalue weighted by Gasteiger charge is 2.48. The highest BCUT2D eigenvalue weighted by Crippen LogP contribution is 2.53. The summed E-state index contributed by atoms with van der Waals surface area (Å²) in [6.07, 6.45) is 13.4. The van der Waals surface area contributed by atoms with Crippen LogP contribution < -0.4 is 0 Å². The van der Waals surface area contributed by atoms with Gasteiger partial charge in [-0.2, -0.15) is 8.78 Å². The van der Waals surface area contributed by atoms with Crippen molar-refractivity contribution in [1.82, 2.24) is 0 Å². The van der Waals surface area contributed by atoms with Crippen molar-refractivity contribution in [1.29, 1.82) is 0 Å². The fourth-order valence-corrected chi connectivity index (χ4v) is 6.03. The lowest BCUT2D eigenvalue weighted by molar-refractivity contribution is 0.0211. The summed E-state index contributed by atoms with van der Waals surface area (Å²) >= 11 is 0. The van der Waals surface area contributed by atoms with Gasteiger partial charge in [0.2, 0.25) is 0 Å². The first-order chi connectivity index (χ1) is 13.0. The minimum atomic E-state index is -3.14. The number of hydrogen-bond donors (Lipinski definition) is 0. The quantitative estimate of drug-likeness (QED) is 0.504. The maximum Gasteiger partial charge on any atom is 0.298 e. The van der Waals surface area contributed by atoms with Crippen molar-refractivity contribution in [3.05, 3.63) is 40.7 Å². The van der Waals surface area contributed by atoms with Crippen LogP contribution in [-0.2, 0) is 5.92 Å². The molecule has 2 fully saturated rings. The second kappa shape index (κ2) is 7.64. The summed E-state index contributed by atoms with van der Waals surface area (Å²) in [7, 11) is 0. The minimum absolute atomic E-state index is 0.0977. The van der Waals surface area contributed by atoms with Gasteiger partial charge in [0.25, 0.3) is 5.92 Å². The van der Waals surface area contributed by atoms with Crippen molar-refractivity contribution < 1.29 is 13.2 Å². The molecule has 0 heterocycles. The molecule has 2 saturated carbocycles. The lowest BCUT2D eigenvalue weighted by Crippen LogP contribution is -2.29. The molecule has 0 nitrogen and oxygen atoms in total. The predicted octanol–water partition coefficient (Wildman–Crippen LogP) is 7.73. The van der Waals surface area contributed by atoms with E-state index in [1.807, 2.05) is 0 Å². The van der Waals surface area contributed by atoms with Crippen LogP contribution in [0.15, 0.2) is 23.8 Å². The van der Waals surface area contributed by atoms with Gasteiger partial charge in [0.05, 0.1) is 5.56 Å². The Hall–Kier alpha value is -1.25. The van der Waals surface area contributed by atoms with Crippen molar-refractivity contribution in [3.63, 3.8) is 0 Å². The van der Waals surface area contributed by atoms with Crippen LogP contribution in [0, 0.1) is 29.5 Å². The lowest BCUT2D eigenvalue weighted by Gasteiger charge is -2.38. The van der Waals surface area contributed by atoms with Crippen LogP contribution in [0.2, 0.25) is 0 Å². The van der Waals surface area contributed by atoms with E-state index in [4.69, 9.17) is 0 Å². The minimum Gasteiger partial charge on any atom is -0.206 e. The monoisotopic (exact) mass is 376 g/mol. The highest BCUT2D eigenvalue weighted by molar-refractivity contribution is 5.68. The Morgan fingerprint density at radius 1 is 0.926 bits per heavy atom. The van der Waals surface area contributed by atoms with Gasteiger partial charge in [-0.3, -0.25) is 0 Å². The maximum atomic E-state index is 14.9. The number of fused-ring (bicyclic) bond motifs is 1. The molecule has 0 amide bonds. The van der Waals surface area contributed by atoms with Gasteiger partial charge in [-0.25, -0.2) is 4.39 Å². The molecule has 0 aliphatic heterocycles. The first-order valence-electron chi connectivity index (χ1n) is 10.9. The van der Waals surface area contributed by atoms with Crippen molar-refractivity contribution in [3.8, 4) is 0 Å². The molecule has 148 valence electrons. The molecule has 1 aromatic carbocycles. The number of halogens is 3. The Balaban J connectivity index is 1.37. The normalized spacial score (nSPS) is 32.8. The van der Waals surface area contributed by atoms with Crippen LogP contribution >= 0.6 is 0 Å². The van der Waals surface area contributed by atoms with E-state index in [2.05, 4.69) is 6.92 Å². The number of alkyl halides is 2. The first-order valence-corrected chi connectivity index (χ1v) is 10.9. The molecular formula is C24H31F3. The van der Waals surface area contributed by atoms with Crippen LogP contribution in [-0.4, -0.2) is 0 Å². The van der Waals surface area contributed by atoms with Gasteiger partial charge in [0, 0.05) is 5.57 Å². The van der Waals surface area contributed by atoms with Crippen molar-refractivity contribution in [2.45, 2.75) is 77.1 Å². The zero-order valence-electron chi connectivity index (χ0n) is 16.3. The summed E-state index contributed by atoms with van der Waals surface area (Å²) in [6.45, 7) is 2.27. The van der Waals surface area contributed by atoms with E-state index < -0.39 is 17.3 Å². The molecule has 4 rings (SSSR count). The summed E-state index contributed by atoms with van der Waals surface area (Å²) < 4.78 is 43.8. The smallest absolute Gasteiger partial charge is 0.206 e. The molecule has 0 N–H and O–H groups in total. The van der Waals surface area contributed by atoms with Gasteiger partial charge in [0.15, 0.2) is 0 Å². The molecule has 0 bridgehead atoms. The predicted molar refractivity (Wildman–Crippen MR) is 104 cm³/mol. The van der Waals surface area contributed by atoms with Gasteiger partial charge >= 0.3 is 0 Å². The summed E-state index contributed by atoms with van der Waals surface area (Å²) in [4.78, 5) is 0. The molecule has 1 aromatic rings. The molecule has 0 radical (unpaired) electrons. The van der Waals surface area contributed by atoms with Gasteiger partial charge in [-0.1, -0.05) is 44.7 Å². The molecule has 0 unspecified atom stereocenters. The van der Waals surface area contributed by atoms with Crippen LogP contribution in [0.4, 0.5) is 13.2 Å². The van der Waals surface area contributed by atoms with Crippen molar-refractivity contribution in [2.75, 3.05) is 0 Å². The van der Waals surface area contributed by atoms with E-state index >= 15 is 0 Å². The van der Waals surface area contributed by atoms with E-state index in [-0.39, 0.29) is 11.5 Å². The third-order valence-corrected chi connectivity index (χ3v) is 7.50. The molecule has 27 heavy (non-hydrogen) atoms. The molecule has 3 aliphatic carbocycles. The molecule has 0 spiro atoms. The summed E-state index contributed by atoms with van der Waals surface area (Å²) in [5, 5.41) is 0. The largest absolute Gasteiger partial charge is 0.298 e. The highest BCUT2D eigenvalue weighted by atomic mass is 19.3. The second-order valence-corrected chi connectivity index (χ2v) is 9.06. The Labute approximate surface area is 161 Å². The van der Waals surface area contributed by atoms with E-state index in [0.717, 1.165) is 43.6 Å². The van der Waals surface area contributed by atoms with E-state index in [1.165, 1.54) is 44.6 Å². The average Bonchev–Trinajstić information content (AvgIpc) is 2.95. The van der Waals surface area contributed by atoms with Gasteiger partial charge in [-0.15, -0.1) is 0 Å². The fourth-order valence-electron chi connectivity index (χ4n) is 6.03. The van der Waals surface area contributed by atoms with Gasteiger partial charge in [-0.05, 0) is 79.9 Å².